The lowest BCUT2D eigenvalue weighted by molar-refractivity contribution is -0.205. The third-order valence-electron chi connectivity index (χ3n) is 1.20. The minimum absolute atomic E-state index is 0.190. The zero-order chi connectivity index (χ0) is 8.91. The second-order valence-corrected chi connectivity index (χ2v) is 3.18. The summed E-state index contributed by atoms with van der Waals surface area (Å²) in [7, 11) is 0. The van der Waals surface area contributed by atoms with Crippen LogP contribution in [-0.4, -0.2) is 29.4 Å². The van der Waals surface area contributed by atoms with Crippen LogP contribution in [0.3, 0.4) is 0 Å². The average molecular weight is 188 g/mol. The van der Waals surface area contributed by atoms with E-state index in [0.29, 0.717) is 12.2 Å². The second-order valence-electron chi connectivity index (χ2n) is 2.19. The molecule has 0 aliphatic carbocycles. The Labute approximate surface area is 68.0 Å². The van der Waals surface area contributed by atoms with Crippen LogP contribution < -0.4 is 0 Å². The van der Waals surface area contributed by atoms with Gasteiger partial charge >= 0.3 is 6.18 Å². The summed E-state index contributed by atoms with van der Waals surface area (Å²) in [6.07, 6.45) is -4.56. The van der Waals surface area contributed by atoms with Crippen LogP contribution in [0.15, 0.2) is 0 Å². The second kappa shape index (κ2) is 4.87. The van der Waals surface area contributed by atoms with E-state index in [9.17, 15) is 13.2 Å². The highest BCUT2D eigenvalue weighted by Crippen LogP contribution is 2.23. The average Bonchev–Trinajstić information content (AvgIpc) is 1.86. The predicted molar refractivity (Wildman–Crippen MR) is 39.7 cm³/mol. The minimum atomic E-state index is -4.45. The van der Waals surface area contributed by atoms with Crippen LogP contribution in [0.5, 0.6) is 0 Å². The van der Waals surface area contributed by atoms with Crippen LogP contribution in [0.25, 0.3) is 0 Å². The van der Waals surface area contributed by atoms with Gasteiger partial charge in [0.25, 0.3) is 0 Å². The number of hydrogen-bond donors (Lipinski definition) is 1. The number of rotatable bonds is 4. The van der Waals surface area contributed by atoms with Crippen LogP contribution in [-0.2, 0) is 0 Å². The first-order chi connectivity index (χ1) is 4.98. The van der Waals surface area contributed by atoms with E-state index >= 15 is 0 Å². The highest BCUT2D eigenvalue weighted by atomic mass is 32.2. The van der Waals surface area contributed by atoms with Crippen molar-refractivity contribution in [2.24, 2.45) is 0 Å². The molecule has 1 atom stereocenters. The van der Waals surface area contributed by atoms with Crippen molar-refractivity contribution >= 4 is 11.8 Å². The number of thioether (sulfide) groups is 1. The van der Waals surface area contributed by atoms with Gasteiger partial charge in [0.05, 0.1) is 0 Å². The summed E-state index contributed by atoms with van der Waals surface area (Å²) in [5, 5.41) is 8.48. The lowest BCUT2D eigenvalue weighted by Crippen LogP contribution is -2.28. The molecule has 0 saturated carbocycles. The van der Waals surface area contributed by atoms with Crippen LogP contribution in [0.4, 0.5) is 13.2 Å². The summed E-state index contributed by atoms with van der Waals surface area (Å²) >= 11 is 1.48. The third-order valence-corrected chi connectivity index (χ3v) is 1.90. The van der Waals surface area contributed by atoms with E-state index in [1.165, 1.54) is 11.8 Å². The molecule has 0 fully saturated rings. The standard InChI is InChI=1S/C6H11F3OS/c1-11-4-2-3-5(10)6(7,8)9/h5,10H,2-4H2,1H3. The van der Waals surface area contributed by atoms with Crippen molar-refractivity contribution in [1.29, 1.82) is 0 Å². The van der Waals surface area contributed by atoms with E-state index in [4.69, 9.17) is 5.11 Å². The molecule has 0 rings (SSSR count). The number of alkyl halides is 3. The number of hydrogen-bond acceptors (Lipinski definition) is 2. The lowest BCUT2D eigenvalue weighted by atomic mass is 10.2. The fourth-order valence-corrected chi connectivity index (χ4v) is 1.04. The quantitative estimate of drug-likeness (QED) is 0.681. The molecule has 0 radical (unpaired) electrons. The van der Waals surface area contributed by atoms with Crippen molar-refractivity contribution < 1.29 is 18.3 Å². The summed E-state index contributed by atoms with van der Waals surface area (Å²) in [6.45, 7) is 0. The number of aliphatic hydroxyl groups is 1. The van der Waals surface area contributed by atoms with Crippen molar-refractivity contribution in [2.45, 2.75) is 25.1 Å². The summed E-state index contributed by atoms with van der Waals surface area (Å²) in [5.41, 5.74) is 0. The minimum Gasteiger partial charge on any atom is -0.384 e. The molecule has 1 nitrogen and oxygen atoms in total. The Morgan fingerprint density at radius 3 is 2.36 bits per heavy atom. The smallest absolute Gasteiger partial charge is 0.384 e. The van der Waals surface area contributed by atoms with Gasteiger partial charge in [0.2, 0.25) is 0 Å². The van der Waals surface area contributed by atoms with Gasteiger partial charge in [-0.25, -0.2) is 0 Å². The molecule has 68 valence electrons. The van der Waals surface area contributed by atoms with Crippen molar-refractivity contribution in [1.82, 2.24) is 0 Å². The summed E-state index contributed by atoms with van der Waals surface area (Å²) in [6, 6.07) is 0. The highest BCUT2D eigenvalue weighted by Gasteiger charge is 2.37. The molecular formula is C6H11F3OS. The monoisotopic (exact) mass is 188 g/mol. The molecule has 1 unspecified atom stereocenters. The first-order valence-electron chi connectivity index (χ1n) is 3.22. The van der Waals surface area contributed by atoms with Gasteiger partial charge in [0.15, 0.2) is 0 Å². The maximum Gasteiger partial charge on any atom is 0.414 e. The van der Waals surface area contributed by atoms with E-state index < -0.39 is 12.3 Å². The molecule has 0 spiro atoms. The Hall–Kier alpha value is 0.100. The molecule has 0 aromatic carbocycles. The molecule has 5 heteroatoms. The maximum absolute atomic E-state index is 11.6. The molecule has 0 aromatic rings. The van der Waals surface area contributed by atoms with Crippen LogP contribution in [0.2, 0.25) is 0 Å². The zero-order valence-corrected chi connectivity index (χ0v) is 7.00. The van der Waals surface area contributed by atoms with E-state index in [-0.39, 0.29) is 6.42 Å². The van der Waals surface area contributed by atoms with Gasteiger partial charge in [-0.15, -0.1) is 0 Å². The van der Waals surface area contributed by atoms with Crippen molar-refractivity contribution in [3.05, 3.63) is 0 Å². The van der Waals surface area contributed by atoms with E-state index in [1.807, 2.05) is 6.26 Å². The van der Waals surface area contributed by atoms with Crippen LogP contribution in [0.1, 0.15) is 12.8 Å². The molecule has 0 aromatic heterocycles. The Kier molecular flexibility index (Phi) is 4.92. The predicted octanol–water partition coefficient (Wildman–Crippen LogP) is 2.05. The fraction of sp³-hybridized carbons (Fsp3) is 1.00. The molecule has 0 amide bonds. The first-order valence-corrected chi connectivity index (χ1v) is 4.61. The van der Waals surface area contributed by atoms with Crippen LogP contribution in [0, 0.1) is 0 Å². The zero-order valence-electron chi connectivity index (χ0n) is 6.19. The molecule has 0 saturated heterocycles. The molecule has 0 aliphatic rings. The molecule has 1 N–H and O–H groups in total. The Morgan fingerprint density at radius 2 is 2.00 bits per heavy atom. The highest BCUT2D eigenvalue weighted by molar-refractivity contribution is 7.98. The molecule has 11 heavy (non-hydrogen) atoms. The number of aliphatic hydroxyl groups excluding tert-OH is 1. The van der Waals surface area contributed by atoms with Crippen molar-refractivity contribution in [2.75, 3.05) is 12.0 Å². The number of halogens is 3. The largest absolute Gasteiger partial charge is 0.414 e. The van der Waals surface area contributed by atoms with Crippen LogP contribution >= 0.6 is 11.8 Å². The van der Waals surface area contributed by atoms with E-state index in [1.54, 1.807) is 0 Å². The summed E-state index contributed by atoms with van der Waals surface area (Å²) in [4.78, 5) is 0. The normalized spacial score (nSPS) is 15.0. The third kappa shape index (κ3) is 5.38. The Bertz CT molecular complexity index is 104. The first kappa shape index (κ1) is 11.1. The van der Waals surface area contributed by atoms with Gasteiger partial charge in [-0.05, 0) is 24.9 Å². The van der Waals surface area contributed by atoms with Gasteiger partial charge in [0.1, 0.15) is 6.10 Å². The van der Waals surface area contributed by atoms with Gasteiger partial charge < -0.3 is 5.11 Å². The molecular weight excluding hydrogens is 177 g/mol. The lowest BCUT2D eigenvalue weighted by Gasteiger charge is -2.13. The van der Waals surface area contributed by atoms with Gasteiger partial charge in [-0.3, -0.25) is 0 Å². The maximum atomic E-state index is 11.6. The van der Waals surface area contributed by atoms with Gasteiger partial charge in [-0.1, -0.05) is 0 Å². The van der Waals surface area contributed by atoms with Gasteiger partial charge in [0, 0.05) is 0 Å². The molecule has 0 aliphatic heterocycles. The Balaban J connectivity index is 3.44. The Morgan fingerprint density at radius 1 is 1.45 bits per heavy atom. The van der Waals surface area contributed by atoms with E-state index in [2.05, 4.69) is 0 Å². The van der Waals surface area contributed by atoms with E-state index in [0.717, 1.165) is 0 Å². The SMILES string of the molecule is CSCCCC(O)C(F)(F)F. The molecule has 0 bridgehead atoms. The summed E-state index contributed by atoms with van der Waals surface area (Å²) < 4.78 is 34.9. The van der Waals surface area contributed by atoms with Crippen molar-refractivity contribution in [3.63, 3.8) is 0 Å². The van der Waals surface area contributed by atoms with Gasteiger partial charge in [-0.2, -0.15) is 24.9 Å². The molecule has 0 heterocycles. The fourth-order valence-electron chi connectivity index (χ4n) is 0.585. The topological polar surface area (TPSA) is 20.2 Å². The summed E-state index contributed by atoms with van der Waals surface area (Å²) in [5.74, 6) is 0.660. The van der Waals surface area contributed by atoms with Crippen molar-refractivity contribution in [3.8, 4) is 0 Å².